The Morgan fingerprint density at radius 3 is 2.25 bits per heavy atom. The van der Waals surface area contributed by atoms with Gasteiger partial charge >= 0.3 is 0 Å². The average Bonchev–Trinajstić information content (AvgIpc) is 2.04. The SMILES string of the molecule is CCCC(C)CNCC(C)CCl. The molecule has 1 nitrogen and oxygen atoms in total. The maximum atomic E-state index is 5.69. The zero-order valence-corrected chi connectivity index (χ0v) is 9.32. The van der Waals surface area contributed by atoms with Crippen molar-refractivity contribution in [1.82, 2.24) is 5.32 Å². The fraction of sp³-hybridized carbons (Fsp3) is 1.00. The first-order valence-corrected chi connectivity index (χ1v) is 5.50. The number of alkyl halides is 1. The minimum Gasteiger partial charge on any atom is -0.316 e. The van der Waals surface area contributed by atoms with Crippen molar-refractivity contribution in [3.8, 4) is 0 Å². The first-order valence-electron chi connectivity index (χ1n) is 4.97. The summed E-state index contributed by atoms with van der Waals surface area (Å²) in [6.07, 6.45) is 2.61. The Balaban J connectivity index is 3.18. The summed E-state index contributed by atoms with van der Waals surface area (Å²) >= 11 is 5.69. The van der Waals surface area contributed by atoms with Gasteiger partial charge in [0.15, 0.2) is 0 Å². The van der Waals surface area contributed by atoms with E-state index >= 15 is 0 Å². The van der Waals surface area contributed by atoms with Gasteiger partial charge in [-0.1, -0.05) is 27.2 Å². The molecule has 0 aliphatic heterocycles. The van der Waals surface area contributed by atoms with Gasteiger partial charge in [-0.25, -0.2) is 0 Å². The van der Waals surface area contributed by atoms with Crippen LogP contribution in [0.2, 0.25) is 0 Å². The van der Waals surface area contributed by atoms with Crippen molar-refractivity contribution in [2.24, 2.45) is 11.8 Å². The van der Waals surface area contributed by atoms with Gasteiger partial charge in [0.25, 0.3) is 0 Å². The lowest BCUT2D eigenvalue weighted by Gasteiger charge is -2.13. The molecule has 74 valence electrons. The second kappa shape index (κ2) is 7.88. The summed E-state index contributed by atoms with van der Waals surface area (Å²) in [5, 5.41) is 3.44. The summed E-state index contributed by atoms with van der Waals surface area (Å²) < 4.78 is 0. The first kappa shape index (κ1) is 12.2. The molecule has 0 aromatic heterocycles. The van der Waals surface area contributed by atoms with E-state index in [4.69, 9.17) is 11.6 Å². The molecule has 2 atom stereocenters. The summed E-state index contributed by atoms with van der Waals surface area (Å²) in [5.41, 5.74) is 0. The Labute approximate surface area is 81.9 Å². The molecule has 0 aliphatic rings. The van der Waals surface area contributed by atoms with Crippen LogP contribution in [0.4, 0.5) is 0 Å². The van der Waals surface area contributed by atoms with Crippen molar-refractivity contribution in [2.75, 3.05) is 19.0 Å². The average molecular weight is 192 g/mol. The Kier molecular flexibility index (Phi) is 8.04. The minimum atomic E-state index is 0.598. The molecule has 0 radical (unpaired) electrons. The van der Waals surface area contributed by atoms with E-state index in [1.807, 2.05) is 0 Å². The summed E-state index contributed by atoms with van der Waals surface area (Å²) in [4.78, 5) is 0. The number of hydrogen-bond acceptors (Lipinski definition) is 1. The molecule has 0 saturated carbocycles. The molecular formula is C10H22ClN. The summed E-state index contributed by atoms with van der Waals surface area (Å²) in [6.45, 7) is 8.89. The molecule has 2 unspecified atom stereocenters. The molecule has 0 spiro atoms. The summed E-state index contributed by atoms with van der Waals surface area (Å²) in [5.74, 6) is 2.16. The van der Waals surface area contributed by atoms with Crippen LogP contribution >= 0.6 is 11.6 Å². The molecule has 12 heavy (non-hydrogen) atoms. The number of nitrogens with one attached hydrogen (secondary N) is 1. The van der Waals surface area contributed by atoms with Crippen LogP contribution in [0, 0.1) is 11.8 Å². The lowest BCUT2D eigenvalue weighted by atomic mass is 10.1. The monoisotopic (exact) mass is 191 g/mol. The maximum Gasteiger partial charge on any atom is 0.0261 e. The molecule has 0 aromatic rings. The number of hydrogen-bond donors (Lipinski definition) is 1. The molecule has 0 saturated heterocycles. The third-order valence-corrected chi connectivity index (χ3v) is 2.56. The molecule has 1 N–H and O–H groups in total. The van der Waals surface area contributed by atoms with Crippen LogP contribution in [0.5, 0.6) is 0 Å². The fourth-order valence-corrected chi connectivity index (χ4v) is 1.33. The predicted molar refractivity (Wildman–Crippen MR) is 56.8 cm³/mol. The van der Waals surface area contributed by atoms with Crippen LogP contribution in [0.25, 0.3) is 0 Å². The Bertz CT molecular complexity index is 95.8. The van der Waals surface area contributed by atoms with E-state index in [0.29, 0.717) is 5.92 Å². The molecule has 0 fully saturated rings. The molecule has 0 rings (SSSR count). The second-order valence-electron chi connectivity index (χ2n) is 3.81. The van der Waals surface area contributed by atoms with Gasteiger partial charge in [0, 0.05) is 5.88 Å². The smallest absolute Gasteiger partial charge is 0.0261 e. The summed E-state index contributed by atoms with van der Waals surface area (Å²) in [7, 11) is 0. The topological polar surface area (TPSA) is 12.0 Å². The van der Waals surface area contributed by atoms with Crippen LogP contribution < -0.4 is 5.32 Å². The van der Waals surface area contributed by atoms with Gasteiger partial charge in [-0.3, -0.25) is 0 Å². The first-order chi connectivity index (χ1) is 5.70. The van der Waals surface area contributed by atoms with Crippen LogP contribution in [-0.4, -0.2) is 19.0 Å². The number of rotatable bonds is 7. The van der Waals surface area contributed by atoms with Gasteiger partial charge in [-0.15, -0.1) is 11.6 Å². The van der Waals surface area contributed by atoms with Crippen molar-refractivity contribution < 1.29 is 0 Å². The summed E-state index contributed by atoms with van der Waals surface area (Å²) in [6, 6.07) is 0. The quantitative estimate of drug-likeness (QED) is 0.611. The zero-order chi connectivity index (χ0) is 9.40. The van der Waals surface area contributed by atoms with Gasteiger partial charge in [0.1, 0.15) is 0 Å². The van der Waals surface area contributed by atoms with Gasteiger partial charge in [0.05, 0.1) is 0 Å². The Morgan fingerprint density at radius 2 is 1.75 bits per heavy atom. The third kappa shape index (κ3) is 6.93. The van der Waals surface area contributed by atoms with E-state index in [2.05, 4.69) is 26.1 Å². The van der Waals surface area contributed by atoms with E-state index in [0.717, 1.165) is 24.9 Å². The normalized spacial score (nSPS) is 16.0. The highest BCUT2D eigenvalue weighted by Crippen LogP contribution is 2.03. The van der Waals surface area contributed by atoms with Crippen molar-refractivity contribution >= 4 is 11.6 Å². The van der Waals surface area contributed by atoms with Crippen LogP contribution in [-0.2, 0) is 0 Å². The maximum absolute atomic E-state index is 5.69. The van der Waals surface area contributed by atoms with Crippen LogP contribution in [0.1, 0.15) is 33.6 Å². The molecule has 0 amide bonds. The largest absolute Gasteiger partial charge is 0.316 e. The van der Waals surface area contributed by atoms with Gasteiger partial charge in [-0.2, -0.15) is 0 Å². The molecule has 2 heteroatoms. The molecule has 0 aromatic carbocycles. The highest BCUT2D eigenvalue weighted by atomic mass is 35.5. The highest BCUT2D eigenvalue weighted by molar-refractivity contribution is 6.18. The number of halogens is 1. The van der Waals surface area contributed by atoms with Gasteiger partial charge in [0.2, 0.25) is 0 Å². The Morgan fingerprint density at radius 1 is 1.17 bits per heavy atom. The van der Waals surface area contributed by atoms with Crippen molar-refractivity contribution in [1.29, 1.82) is 0 Å². The standard InChI is InChI=1S/C10H22ClN/c1-4-5-9(2)7-12-8-10(3)6-11/h9-10,12H,4-8H2,1-3H3. The third-order valence-electron chi connectivity index (χ3n) is 2.03. The van der Waals surface area contributed by atoms with Gasteiger partial charge < -0.3 is 5.32 Å². The van der Waals surface area contributed by atoms with E-state index in [1.54, 1.807) is 0 Å². The van der Waals surface area contributed by atoms with Crippen LogP contribution in [0.15, 0.2) is 0 Å². The van der Waals surface area contributed by atoms with Crippen molar-refractivity contribution in [3.05, 3.63) is 0 Å². The molecule has 0 heterocycles. The lowest BCUT2D eigenvalue weighted by Crippen LogP contribution is -2.26. The fourth-order valence-electron chi connectivity index (χ4n) is 1.23. The predicted octanol–water partition coefficient (Wildman–Crippen LogP) is 2.89. The van der Waals surface area contributed by atoms with E-state index in [1.165, 1.54) is 12.8 Å². The minimum absolute atomic E-state index is 0.598. The molecule has 0 aliphatic carbocycles. The van der Waals surface area contributed by atoms with Crippen molar-refractivity contribution in [2.45, 2.75) is 33.6 Å². The zero-order valence-electron chi connectivity index (χ0n) is 8.57. The highest BCUT2D eigenvalue weighted by Gasteiger charge is 2.02. The van der Waals surface area contributed by atoms with Gasteiger partial charge in [-0.05, 0) is 31.3 Å². The lowest BCUT2D eigenvalue weighted by molar-refractivity contribution is 0.452. The Hall–Kier alpha value is 0.250. The molecular weight excluding hydrogens is 170 g/mol. The van der Waals surface area contributed by atoms with E-state index in [-0.39, 0.29) is 0 Å². The second-order valence-corrected chi connectivity index (χ2v) is 4.12. The van der Waals surface area contributed by atoms with E-state index in [9.17, 15) is 0 Å². The van der Waals surface area contributed by atoms with Crippen LogP contribution in [0.3, 0.4) is 0 Å². The molecule has 0 bridgehead atoms. The van der Waals surface area contributed by atoms with E-state index < -0.39 is 0 Å². The van der Waals surface area contributed by atoms with Crippen molar-refractivity contribution in [3.63, 3.8) is 0 Å².